The van der Waals surface area contributed by atoms with E-state index in [-0.39, 0.29) is 5.92 Å². The SMILES string of the molecule is O=C1CCCCC1CCOCc1ccccc1. The topological polar surface area (TPSA) is 26.3 Å². The summed E-state index contributed by atoms with van der Waals surface area (Å²) >= 11 is 0. The van der Waals surface area contributed by atoms with E-state index in [0.717, 1.165) is 25.7 Å². The standard InChI is InChI=1S/C15H20O2/c16-15-9-5-4-8-14(15)10-11-17-12-13-6-2-1-3-7-13/h1-3,6-7,14H,4-5,8-12H2. The van der Waals surface area contributed by atoms with Gasteiger partial charge in [-0.05, 0) is 24.8 Å². The van der Waals surface area contributed by atoms with Gasteiger partial charge in [-0.2, -0.15) is 0 Å². The Bertz CT molecular complexity index is 345. The molecule has 0 spiro atoms. The average molecular weight is 232 g/mol. The van der Waals surface area contributed by atoms with E-state index in [9.17, 15) is 4.79 Å². The second-order valence-corrected chi connectivity index (χ2v) is 4.74. The third kappa shape index (κ3) is 3.97. The quantitative estimate of drug-likeness (QED) is 0.728. The summed E-state index contributed by atoms with van der Waals surface area (Å²) < 4.78 is 5.62. The molecule has 17 heavy (non-hydrogen) atoms. The Labute approximate surface area is 103 Å². The highest BCUT2D eigenvalue weighted by Gasteiger charge is 2.21. The fourth-order valence-electron chi connectivity index (χ4n) is 2.35. The summed E-state index contributed by atoms with van der Waals surface area (Å²) in [7, 11) is 0. The molecule has 0 aromatic heterocycles. The normalized spacial score (nSPS) is 20.5. The van der Waals surface area contributed by atoms with Crippen LogP contribution >= 0.6 is 0 Å². The molecule has 0 bridgehead atoms. The maximum Gasteiger partial charge on any atom is 0.136 e. The number of ketones is 1. The first-order chi connectivity index (χ1) is 8.36. The van der Waals surface area contributed by atoms with E-state index in [2.05, 4.69) is 12.1 Å². The van der Waals surface area contributed by atoms with E-state index in [4.69, 9.17) is 4.74 Å². The molecule has 1 unspecified atom stereocenters. The van der Waals surface area contributed by atoms with Crippen molar-refractivity contribution >= 4 is 5.78 Å². The van der Waals surface area contributed by atoms with Crippen molar-refractivity contribution in [3.63, 3.8) is 0 Å². The van der Waals surface area contributed by atoms with Gasteiger partial charge in [0.1, 0.15) is 5.78 Å². The predicted octanol–water partition coefficient (Wildman–Crippen LogP) is 3.35. The molecule has 1 fully saturated rings. The number of benzene rings is 1. The fourth-order valence-corrected chi connectivity index (χ4v) is 2.35. The van der Waals surface area contributed by atoms with Gasteiger partial charge in [0.25, 0.3) is 0 Å². The number of Topliss-reactive ketones (excluding diaryl/α,β-unsaturated/α-hetero) is 1. The Morgan fingerprint density at radius 3 is 2.76 bits per heavy atom. The van der Waals surface area contributed by atoms with E-state index in [1.165, 1.54) is 12.0 Å². The lowest BCUT2D eigenvalue weighted by atomic mass is 9.86. The van der Waals surface area contributed by atoms with Crippen molar-refractivity contribution in [1.82, 2.24) is 0 Å². The van der Waals surface area contributed by atoms with Crippen LogP contribution in [0.25, 0.3) is 0 Å². The second kappa shape index (κ2) is 6.55. The number of rotatable bonds is 5. The first-order valence-electron chi connectivity index (χ1n) is 6.50. The first-order valence-corrected chi connectivity index (χ1v) is 6.50. The highest BCUT2D eigenvalue weighted by atomic mass is 16.5. The van der Waals surface area contributed by atoms with Crippen LogP contribution < -0.4 is 0 Å². The van der Waals surface area contributed by atoms with Crippen molar-refractivity contribution in [2.45, 2.75) is 38.7 Å². The Morgan fingerprint density at radius 2 is 2.00 bits per heavy atom. The molecular weight excluding hydrogens is 212 g/mol. The molecule has 92 valence electrons. The van der Waals surface area contributed by atoms with Gasteiger partial charge in [-0.1, -0.05) is 36.8 Å². The summed E-state index contributed by atoms with van der Waals surface area (Å²) in [6, 6.07) is 10.2. The van der Waals surface area contributed by atoms with E-state index >= 15 is 0 Å². The molecule has 1 aliphatic rings. The zero-order valence-electron chi connectivity index (χ0n) is 10.2. The van der Waals surface area contributed by atoms with Crippen molar-refractivity contribution in [1.29, 1.82) is 0 Å². The minimum absolute atomic E-state index is 0.263. The number of ether oxygens (including phenoxy) is 1. The zero-order valence-corrected chi connectivity index (χ0v) is 10.2. The lowest BCUT2D eigenvalue weighted by Gasteiger charge is -2.20. The van der Waals surface area contributed by atoms with Gasteiger partial charge in [0, 0.05) is 18.9 Å². The first kappa shape index (κ1) is 12.3. The summed E-state index contributed by atoms with van der Waals surface area (Å²) in [6.07, 6.45) is 5.03. The predicted molar refractivity (Wildman–Crippen MR) is 67.7 cm³/mol. The van der Waals surface area contributed by atoms with Crippen molar-refractivity contribution < 1.29 is 9.53 Å². The minimum Gasteiger partial charge on any atom is -0.377 e. The van der Waals surface area contributed by atoms with Crippen LogP contribution in [0.1, 0.15) is 37.7 Å². The Hall–Kier alpha value is -1.15. The zero-order chi connectivity index (χ0) is 11.9. The van der Waals surface area contributed by atoms with Crippen LogP contribution in [0.4, 0.5) is 0 Å². The van der Waals surface area contributed by atoms with Crippen LogP contribution in [0, 0.1) is 5.92 Å². The lowest BCUT2D eigenvalue weighted by molar-refractivity contribution is -0.125. The van der Waals surface area contributed by atoms with Gasteiger partial charge in [0.2, 0.25) is 0 Å². The van der Waals surface area contributed by atoms with Crippen LogP contribution in [0.5, 0.6) is 0 Å². The van der Waals surface area contributed by atoms with Crippen LogP contribution in [0.2, 0.25) is 0 Å². The van der Waals surface area contributed by atoms with E-state index in [0.29, 0.717) is 19.0 Å². The fraction of sp³-hybridized carbons (Fsp3) is 0.533. The third-order valence-electron chi connectivity index (χ3n) is 3.40. The van der Waals surface area contributed by atoms with Crippen molar-refractivity contribution in [2.24, 2.45) is 5.92 Å². The van der Waals surface area contributed by atoms with Gasteiger partial charge in [-0.25, -0.2) is 0 Å². The number of carbonyl (C=O) groups is 1. The molecule has 0 radical (unpaired) electrons. The largest absolute Gasteiger partial charge is 0.377 e. The summed E-state index contributed by atoms with van der Waals surface area (Å²) in [6.45, 7) is 1.35. The van der Waals surface area contributed by atoms with Gasteiger partial charge in [0.05, 0.1) is 6.61 Å². The number of hydrogen-bond donors (Lipinski definition) is 0. The highest BCUT2D eigenvalue weighted by Crippen LogP contribution is 2.23. The molecule has 0 aliphatic heterocycles. The highest BCUT2D eigenvalue weighted by molar-refractivity contribution is 5.81. The average Bonchev–Trinajstić information content (AvgIpc) is 2.38. The Balaban J connectivity index is 1.64. The van der Waals surface area contributed by atoms with E-state index in [1.54, 1.807) is 0 Å². The van der Waals surface area contributed by atoms with Crippen molar-refractivity contribution in [3.05, 3.63) is 35.9 Å². The molecule has 2 nitrogen and oxygen atoms in total. The van der Waals surface area contributed by atoms with Gasteiger partial charge in [0.15, 0.2) is 0 Å². The Morgan fingerprint density at radius 1 is 1.18 bits per heavy atom. The minimum atomic E-state index is 0.263. The second-order valence-electron chi connectivity index (χ2n) is 4.74. The molecule has 2 heteroatoms. The summed E-state index contributed by atoms with van der Waals surface area (Å²) in [4.78, 5) is 11.6. The molecule has 1 aliphatic carbocycles. The van der Waals surface area contributed by atoms with Gasteiger partial charge in [-0.15, -0.1) is 0 Å². The smallest absolute Gasteiger partial charge is 0.136 e. The van der Waals surface area contributed by atoms with Gasteiger partial charge < -0.3 is 4.74 Å². The van der Waals surface area contributed by atoms with E-state index < -0.39 is 0 Å². The molecule has 0 amide bonds. The van der Waals surface area contributed by atoms with Gasteiger partial charge in [-0.3, -0.25) is 4.79 Å². The molecular formula is C15H20O2. The molecule has 0 N–H and O–H groups in total. The van der Waals surface area contributed by atoms with Gasteiger partial charge >= 0.3 is 0 Å². The van der Waals surface area contributed by atoms with Crippen molar-refractivity contribution in [2.75, 3.05) is 6.61 Å². The number of carbonyl (C=O) groups excluding carboxylic acids is 1. The Kier molecular flexibility index (Phi) is 4.75. The van der Waals surface area contributed by atoms with Crippen molar-refractivity contribution in [3.8, 4) is 0 Å². The molecule has 1 aromatic rings. The maximum atomic E-state index is 11.6. The molecule has 1 atom stereocenters. The maximum absolute atomic E-state index is 11.6. The molecule has 1 aromatic carbocycles. The summed E-state index contributed by atoms with van der Waals surface area (Å²) in [5, 5.41) is 0. The lowest BCUT2D eigenvalue weighted by Crippen LogP contribution is -2.20. The summed E-state index contributed by atoms with van der Waals surface area (Å²) in [5.74, 6) is 0.707. The van der Waals surface area contributed by atoms with Crippen LogP contribution in [-0.4, -0.2) is 12.4 Å². The van der Waals surface area contributed by atoms with Crippen LogP contribution in [-0.2, 0) is 16.1 Å². The summed E-state index contributed by atoms with van der Waals surface area (Å²) in [5.41, 5.74) is 1.20. The van der Waals surface area contributed by atoms with Crippen LogP contribution in [0.15, 0.2) is 30.3 Å². The molecule has 0 heterocycles. The van der Waals surface area contributed by atoms with E-state index in [1.807, 2.05) is 18.2 Å². The number of hydrogen-bond acceptors (Lipinski definition) is 2. The monoisotopic (exact) mass is 232 g/mol. The third-order valence-corrected chi connectivity index (χ3v) is 3.40. The molecule has 2 rings (SSSR count). The molecule has 1 saturated carbocycles. The molecule has 0 saturated heterocycles. The van der Waals surface area contributed by atoms with Crippen LogP contribution in [0.3, 0.4) is 0 Å².